The molecule has 66 valence electrons. The zero-order valence-electron chi connectivity index (χ0n) is 7.46. The first kappa shape index (κ1) is 9.23. The molecular weight excluding hydrogens is 148 g/mol. The van der Waals surface area contributed by atoms with Crippen LogP contribution in [0.3, 0.4) is 0 Å². The molecule has 0 aliphatic heterocycles. The molecule has 1 rings (SSSR count). The molecule has 1 aromatic carbocycles. The van der Waals surface area contributed by atoms with Gasteiger partial charge in [-0.15, -0.1) is 0 Å². The van der Waals surface area contributed by atoms with Crippen molar-refractivity contribution in [2.24, 2.45) is 11.5 Å². The Hall–Kier alpha value is -0.860. The lowest BCUT2D eigenvalue weighted by Crippen LogP contribution is -2.43. The third-order valence-electron chi connectivity index (χ3n) is 2.34. The van der Waals surface area contributed by atoms with Crippen molar-refractivity contribution in [3.05, 3.63) is 35.9 Å². The lowest BCUT2D eigenvalue weighted by molar-refractivity contribution is 0.440. The number of hydrogen-bond donors (Lipinski definition) is 2. The molecule has 0 bridgehead atoms. The van der Waals surface area contributed by atoms with E-state index in [1.165, 1.54) is 0 Å². The summed E-state index contributed by atoms with van der Waals surface area (Å²) < 4.78 is 0. The zero-order valence-corrected chi connectivity index (χ0v) is 7.46. The summed E-state index contributed by atoms with van der Waals surface area (Å²) in [5.74, 6) is 0. The minimum absolute atomic E-state index is 0.346. The summed E-state index contributed by atoms with van der Waals surface area (Å²) >= 11 is 0. The highest BCUT2D eigenvalue weighted by Gasteiger charge is 2.22. The van der Waals surface area contributed by atoms with Crippen LogP contribution in [-0.4, -0.2) is 6.54 Å². The van der Waals surface area contributed by atoms with Crippen LogP contribution in [0.1, 0.15) is 18.9 Å². The minimum atomic E-state index is -0.346. The van der Waals surface area contributed by atoms with Crippen LogP contribution in [0.15, 0.2) is 30.3 Å². The summed E-state index contributed by atoms with van der Waals surface area (Å²) in [6.45, 7) is 2.55. The van der Waals surface area contributed by atoms with Gasteiger partial charge in [0.15, 0.2) is 0 Å². The predicted molar refractivity (Wildman–Crippen MR) is 51.7 cm³/mol. The minimum Gasteiger partial charge on any atom is -0.328 e. The third kappa shape index (κ3) is 1.65. The highest BCUT2D eigenvalue weighted by Crippen LogP contribution is 2.19. The lowest BCUT2D eigenvalue weighted by atomic mass is 9.89. The molecule has 0 fully saturated rings. The van der Waals surface area contributed by atoms with Crippen molar-refractivity contribution in [1.29, 1.82) is 0 Å². The Balaban J connectivity index is 2.95. The highest BCUT2D eigenvalue weighted by atomic mass is 14.8. The van der Waals surface area contributed by atoms with Gasteiger partial charge < -0.3 is 11.5 Å². The lowest BCUT2D eigenvalue weighted by Gasteiger charge is -2.26. The Morgan fingerprint density at radius 2 is 1.83 bits per heavy atom. The van der Waals surface area contributed by atoms with Gasteiger partial charge in [-0.1, -0.05) is 37.3 Å². The molecule has 0 aromatic heterocycles. The summed E-state index contributed by atoms with van der Waals surface area (Å²) in [5.41, 5.74) is 12.5. The maximum Gasteiger partial charge on any atom is 0.0531 e. The zero-order chi connectivity index (χ0) is 9.03. The number of hydrogen-bond acceptors (Lipinski definition) is 2. The molecule has 0 saturated carbocycles. The van der Waals surface area contributed by atoms with Crippen LogP contribution in [0.5, 0.6) is 0 Å². The fourth-order valence-electron chi connectivity index (χ4n) is 1.24. The van der Waals surface area contributed by atoms with E-state index in [-0.39, 0.29) is 5.54 Å². The monoisotopic (exact) mass is 164 g/mol. The average molecular weight is 164 g/mol. The van der Waals surface area contributed by atoms with Gasteiger partial charge in [0.2, 0.25) is 0 Å². The molecule has 0 spiro atoms. The quantitative estimate of drug-likeness (QED) is 0.705. The fourth-order valence-corrected chi connectivity index (χ4v) is 1.24. The Kier molecular flexibility index (Phi) is 2.84. The smallest absolute Gasteiger partial charge is 0.0531 e. The first-order valence-electron chi connectivity index (χ1n) is 4.27. The van der Waals surface area contributed by atoms with Gasteiger partial charge in [0.1, 0.15) is 0 Å². The summed E-state index contributed by atoms with van der Waals surface area (Å²) in [6, 6.07) is 10.0. The molecule has 4 N–H and O–H groups in total. The van der Waals surface area contributed by atoms with Gasteiger partial charge in [-0.3, -0.25) is 0 Å². The van der Waals surface area contributed by atoms with Gasteiger partial charge in [0.25, 0.3) is 0 Å². The highest BCUT2D eigenvalue weighted by molar-refractivity contribution is 5.24. The van der Waals surface area contributed by atoms with Crippen molar-refractivity contribution < 1.29 is 0 Å². The maximum atomic E-state index is 6.09. The Bertz CT molecular complexity index is 227. The second-order valence-corrected chi connectivity index (χ2v) is 3.08. The summed E-state index contributed by atoms with van der Waals surface area (Å²) in [5, 5.41) is 0. The van der Waals surface area contributed by atoms with Crippen molar-refractivity contribution in [1.82, 2.24) is 0 Å². The van der Waals surface area contributed by atoms with Crippen LogP contribution in [0.2, 0.25) is 0 Å². The van der Waals surface area contributed by atoms with E-state index >= 15 is 0 Å². The van der Waals surface area contributed by atoms with Gasteiger partial charge in [-0.05, 0) is 12.0 Å². The first-order chi connectivity index (χ1) is 5.73. The molecule has 2 heteroatoms. The SMILES string of the molecule is CC[C@](N)(CN)c1ccccc1. The molecule has 12 heavy (non-hydrogen) atoms. The van der Waals surface area contributed by atoms with Crippen molar-refractivity contribution in [3.8, 4) is 0 Å². The van der Waals surface area contributed by atoms with Crippen molar-refractivity contribution in [2.75, 3.05) is 6.54 Å². The van der Waals surface area contributed by atoms with E-state index < -0.39 is 0 Å². The molecule has 0 heterocycles. The topological polar surface area (TPSA) is 52.0 Å². The van der Waals surface area contributed by atoms with Crippen LogP contribution in [-0.2, 0) is 5.54 Å². The van der Waals surface area contributed by atoms with Crippen molar-refractivity contribution in [2.45, 2.75) is 18.9 Å². The standard InChI is InChI=1S/C10H16N2/c1-2-10(12,8-11)9-6-4-3-5-7-9/h3-7H,2,8,11-12H2,1H3/t10-/m0/s1. The molecule has 1 atom stereocenters. The largest absolute Gasteiger partial charge is 0.328 e. The molecule has 0 amide bonds. The van der Waals surface area contributed by atoms with E-state index in [4.69, 9.17) is 11.5 Å². The molecule has 1 aromatic rings. The van der Waals surface area contributed by atoms with Crippen molar-refractivity contribution >= 4 is 0 Å². The molecule has 0 radical (unpaired) electrons. The van der Waals surface area contributed by atoms with Gasteiger partial charge in [0, 0.05) is 6.54 Å². The second-order valence-electron chi connectivity index (χ2n) is 3.08. The van der Waals surface area contributed by atoms with E-state index in [1.807, 2.05) is 30.3 Å². The average Bonchev–Trinajstić information content (AvgIpc) is 2.18. The molecule has 0 aliphatic rings. The second kappa shape index (κ2) is 3.70. The molecular formula is C10H16N2. The normalized spacial score (nSPS) is 15.6. The number of benzene rings is 1. The van der Waals surface area contributed by atoms with Crippen molar-refractivity contribution in [3.63, 3.8) is 0 Å². The Morgan fingerprint density at radius 3 is 2.25 bits per heavy atom. The summed E-state index contributed by atoms with van der Waals surface area (Å²) in [7, 11) is 0. The van der Waals surface area contributed by atoms with E-state index in [2.05, 4.69) is 6.92 Å². The van der Waals surface area contributed by atoms with E-state index in [1.54, 1.807) is 0 Å². The third-order valence-corrected chi connectivity index (χ3v) is 2.34. The van der Waals surface area contributed by atoms with Crippen LogP contribution in [0.25, 0.3) is 0 Å². The molecule has 0 unspecified atom stereocenters. The molecule has 0 saturated heterocycles. The predicted octanol–water partition coefficient (Wildman–Crippen LogP) is 1.21. The van der Waals surface area contributed by atoms with Gasteiger partial charge >= 0.3 is 0 Å². The van der Waals surface area contributed by atoms with E-state index in [0.29, 0.717) is 6.54 Å². The van der Waals surface area contributed by atoms with Gasteiger partial charge in [-0.25, -0.2) is 0 Å². The van der Waals surface area contributed by atoms with Crippen LogP contribution in [0, 0.1) is 0 Å². The number of rotatable bonds is 3. The number of nitrogens with two attached hydrogens (primary N) is 2. The Morgan fingerprint density at radius 1 is 1.25 bits per heavy atom. The van der Waals surface area contributed by atoms with E-state index in [9.17, 15) is 0 Å². The van der Waals surface area contributed by atoms with Crippen LogP contribution >= 0.6 is 0 Å². The maximum absolute atomic E-state index is 6.09. The van der Waals surface area contributed by atoms with Crippen LogP contribution in [0.4, 0.5) is 0 Å². The van der Waals surface area contributed by atoms with Crippen LogP contribution < -0.4 is 11.5 Å². The molecule has 0 aliphatic carbocycles. The van der Waals surface area contributed by atoms with Gasteiger partial charge in [0.05, 0.1) is 5.54 Å². The summed E-state index contributed by atoms with van der Waals surface area (Å²) in [4.78, 5) is 0. The van der Waals surface area contributed by atoms with Gasteiger partial charge in [-0.2, -0.15) is 0 Å². The first-order valence-corrected chi connectivity index (χ1v) is 4.27. The summed E-state index contributed by atoms with van der Waals surface area (Å²) in [6.07, 6.45) is 0.869. The van der Waals surface area contributed by atoms with E-state index in [0.717, 1.165) is 12.0 Å². The Labute approximate surface area is 73.6 Å². The fraction of sp³-hybridized carbons (Fsp3) is 0.400. The molecule has 2 nitrogen and oxygen atoms in total.